The quantitative estimate of drug-likeness (QED) is 0.579. The van der Waals surface area contributed by atoms with Crippen molar-refractivity contribution in [3.05, 3.63) is 66.2 Å². The summed E-state index contributed by atoms with van der Waals surface area (Å²) in [6.07, 6.45) is 0. The SMILES string of the molecule is Fc1ccc(-c2ccc(-c3nc4ccccc4[nH]3)o2)c(F)c1. The number of imidazole rings is 1. The Hall–Kier alpha value is -2.95. The first-order valence-electron chi connectivity index (χ1n) is 6.71. The Bertz CT molecular complexity index is 939. The standard InChI is InChI=1S/C17H10F2N2O/c18-10-5-6-11(12(19)9-10)15-7-8-16(22-15)17-20-13-3-1-2-4-14(13)21-17/h1-9H,(H,20,21). The van der Waals surface area contributed by atoms with E-state index in [1.165, 1.54) is 12.1 Å². The highest BCUT2D eigenvalue weighted by atomic mass is 19.1. The molecule has 2 aromatic carbocycles. The van der Waals surface area contributed by atoms with Gasteiger partial charge in [0.25, 0.3) is 0 Å². The Morgan fingerprint density at radius 3 is 2.55 bits per heavy atom. The monoisotopic (exact) mass is 296 g/mol. The molecule has 0 unspecified atom stereocenters. The fourth-order valence-corrected chi connectivity index (χ4v) is 2.37. The number of hydrogen-bond acceptors (Lipinski definition) is 2. The number of nitrogens with one attached hydrogen (secondary N) is 1. The molecule has 0 radical (unpaired) electrons. The second-order valence-electron chi connectivity index (χ2n) is 4.89. The molecule has 0 atom stereocenters. The van der Waals surface area contributed by atoms with Gasteiger partial charge in [-0.05, 0) is 36.4 Å². The molecule has 3 nitrogen and oxygen atoms in total. The van der Waals surface area contributed by atoms with E-state index in [1.807, 2.05) is 24.3 Å². The third-order valence-corrected chi connectivity index (χ3v) is 3.43. The number of rotatable bonds is 2. The largest absolute Gasteiger partial charge is 0.453 e. The summed E-state index contributed by atoms with van der Waals surface area (Å²) in [5.74, 6) is 0.105. The molecule has 2 aromatic heterocycles. The predicted octanol–water partition coefficient (Wildman–Crippen LogP) is 4.77. The van der Waals surface area contributed by atoms with Crippen molar-refractivity contribution in [1.82, 2.24) is 9.97 Å². The number of H-pyrrole nitrogens is 1. The van der Waals surface area contributed by atoms with Gasteiger partial charge in [0.2, 0.25) is 0 Å². The van der Waals surface area contributed by atoms with Crippen molar-refractivity contribution < 1.29 is 13.2 Å². The summed E-state index contributed by atoms with van der Waals surface area (Å²) in [5.41, 5.74) is 1.93. The van der Waals surface area contributed by atoms with Crippen molar-refractivity contribution in [2.45, 2.75) is 0 Å². The number of hydrogen-bond donors (Lipinski definition) is 1. The van der Waals surface area contributed by atoms with Crippen LogP contribution < -0.4 is 0 Å². The second-order valence-corrected chi connectivity index (χ2v) is 4.89. The van der Waals surface area contributed by atoms with Gasteiger partial charge in [-0.3, -0.25) is 0 Å². The summed E-state index contributed by atoms with van der Waals surface area (Å²) in [6.45, 7) is 0. The van der Waals surface area contributed by atoms with E-state index >= 15 is 0 Å². The topological polar surface area (TPSA) is 41.8 Å². The molecule has 1 N–H and O–H groups in total. The minimum atomic E-state index is -0.662. The van der Waals surface area contributed by atoms with E-state index in [0.29, 0.717) is 17.3 Å². The predicted molar refractivity (Wildman–Crippen MR) is 79.1 cm³/mol. The molecule has 0 fully saturated rings. The lowest BCUT2D eigenvalue weighted by atomic mass is 10.1. The van der Waals surface area contributed by atoms with Gasteiger partial charge < -0.3 is 9.40 Å². The molecule has 0 amide bonds. The summed E-state index contributed by atoms with van der Waals surface area (Å²) in [5, 5.41) is 0. The number of aromatic amines is 1. The molecule has 2 heterocycles. The first-order valence-corrected chi connectivity index (χ1v) is 6.71. The van der Waals surface area contributed by atoms with Crippen LogP contribution in [-0.2, 0) is 0 Å². The third kappa shape index (κ3) is 2.07. The van der Waals surface area contributed by atoms with Crippen molar-refractivity contribution in [1.29, 1.82) is 0 Å². The van der Waals surface area contributed by atoms with Crippen molar-refractivity contribution in [3.63, 3.8) is 0 Å². The van der Waals surface area contributed by atoms with Gasteiger partial charge in [-0.25, -0.2) is 13.8 Å². The molecule has 108 valence electrons. The first-order chi connectivity index (χ1) is 10.7. The van der Waals surface area contributed by atoms with E-state index in [1.54, 1.807) is 12.1 Å². The highest BCUT2D eigenvalue weighted by Crippen LogP contribution is 2.30. The maximum Gasteiger partial charge on any atom is 0.174 e. The minimum Gasteiger partial charge on any atom is -0.453 e. The smallest absolute Gasteiger partial charge is 0.174 e. The van der Waals surface area contributed by atoms with Gasteiger partial charge in [0.15, 0.2) is 11.6 Å². The van der Waals surface area contributed by atoms with Crippen LogP contribution >= 0.6 is 0 Å². The third-order valence-electron chi connectivity index (χ3n) is 3.43. The van der Waals surface area contributed by atoms with Crippen LogP contribution in [0, 0.1) is 11.6 Å². The van der Waals surface area contributed by atoms with Crippen LogP contribution in [0.15, 0.2) is 59.0 Å². The number of aromatic nitrogens is 2. The number of halogens is 2. The molecule has 0 saturated heterocycles. The second kappa shape index (κ2) is 4.80. The molecule has 22 heavy (non-hydrogen) atoms. The minimum absolute atomic E-state index is 0.212. The lowest BCUT2D eigenvalue weighted by Crippen LogP contribution is -1.84. The van der Waals surface area contributed by atoms with Crippen LogP contribution in [0.5, 0.6) is 0 Å². The zero-order chi connectivity index (χ0) is 15.1. The van der Waals surface area contributed by atoms with E-state index in [2.05, 4.69) is 9.97 Å². The number of nitrogens with zero attached hydrogens (tertiary/aromatic N) is 1. The van der Waals surface area contributed by atoms with E-state index in [-0.39, 0.29) is 5.56 Å². The van der Waals surface area contributed by atoms with E-state index < -0.39 is 11.6 Å². The Morgan fingerprint density at radius 1 is 0.909 bits per heavy atom. The highest BCUT2D eigenvalue weighted by Gasteiger charge is 2.13. The number of fused-ring (bicyclic) bond motifs is 1. The average molecular weight is 296 g/mol. The summed E-state index contributed by atoms with van der Waals surface area (Å²) in [7, 11) is 0. The zero-order valence-electron chi connectivity index (χ0n) is 11.3. The van der Waals surface area contributed by atoms with Gasteiger partial charge in [0, 0.05) is 6.07 Å². The summed E-state index contributed by atoms with van der Waals surface area (Å²) in [4.78, 5) is 7.57. The van der Waals surface area contributed by atoms with Gasteiger partial charge >= 0.3 is 0 Å². The van der Waals surface area contributed by atoms with Gasteiger partial charge in [-0.1, -0.05) is 12.1 Å². The van der Waals surface area contributed by atoms with Crippen molar-refractivity contribution in [3.8, 4) is 22.9 Å². The van der Waals surface area contributed by atoms with Gasteiger partial charge in [0.05, 0.1) is 16.6 Å². The van der Waals surface area contributed by atoms with Crippen molar-refractivity contribution in [2.24, 2.45) is 0 Å². The lowest BCUT2D eigenvalue weighted by molar-refractivity contribution is 0.565. The molecule has 0 aliphatic heterocycles. The van der Waals surface area contributed by atoms with Crippen LogP contribution in [0.1, 0.15) is 0 Å². The van der Waals surface area contributed by atoms with Gasteiger partial charge in [-0.2, -0.15) is 0 Å². The van der Waals surface area contributed by atoms with Crippen LogP contribution in [0.25, 0.3) is 33.9 Å². The van der Waals surface area contributed by atoms with E-state index in [4.69, 9.17) is 4.42 Å². The van der Waals surface area contributed by atoms with Crippen LogP contribution in [-0.4, -0.2) is 9.97 Å². The number of para-hydroxylation sites is 2. The van der Waals surface area contributed by atoms with Crippen LogP contribution in [0.4, 0.5) is 8.78 Å². The first kappa shape index (κ1) is 12.8. The van der Waals surface area contributed by atoms with Crippen LogP contribution in [0.3, 0.4) is 0 Å². The normalized spacial score (nSPS) is 11.2. The Balaban J connectivity index is 1.77. The molecule has 5 heteroatoms. The lowest BCUT2D eigenvalue weighted by Gasteiger charge is -1.99. The summed E-state index contributed by atoms with van der Waals surface area (Å²) >= 11 is 0. The van der Waals surface area contributed by atoms with E-state index in [0.717, 1.165) is 17.1 Å². The molecule has 4 aromatic rings. The summed E-state index contributed by atoms with van der Waals surface area (Å²) in [6, 6.07) is 14.3. The average Bonchev–Trinajstić information content (AvgIpc) is 3.13. The fourth-order valence-electron chi connectivity index (χ4n) is 2.37. The van der Waals surface area contributed by atoms with Gasteiger partial charge in [-0.15, -0.1) is 0 Å². The van der Waals surface area contributed by atoms with E-state index in [9.17, 15) is 8.78 Å². The molecular formula is C17H10F2N2O. The van der Waals surface area contributed by atoms with Crippen molar-refractivity contribution >= 4 is 11.0 Å². The zero-order valence-corrected chi connectivity index (χ0v) is 11.3. The molecular weight excluding hydrogens is 286 g/mol. The molecule has 0 bridgehead atoms. The summed E-state index contributed by atoms with van der Waals surface area (Å²) < 4.78 is 32.4. The highest BCUT2D eigenvalue weighted by molar-refractivity contribution is 5.78. The fraction of sp³-hybridized carbons (Fsp3) is 0. The Morgan fingerprint density at radius 2 is 1.73 bits per heavy atom. The molecule has 0 spiro atoms. The number of furan rings is 1. The molecule has 0 saturated carbocycles. The maximum atomic E-state index is 13.8. The maximum absolute atomic E-state index is 13.8. The van der Waals surface area contributed by atoms with Gasteiger partial charge in [0.1, 0.15) is 17.4 Å². The molecule has 0 aliphatic carbocycles. The van der Waals surface area contributed by atoms with Crippen molar-refractivity contribution in [2.75, 3.05) is 0 Å². The molecule has 0 aliphatic rings. The number of benzene rings is 2. The Labute approximate surface area is 124 Å². The van der Waals surface area contributed by atoms with Crippen LogP contribution in [0.2, 0.25) is 0 Å². The molecule has 4 rings (SSSR count). The Kier molecular flexibility index (Phi) is 2.79.